The molecule has 4 aromatic rings. The Balaban J connectivity index is 0.000000245. The second-order valence-electron chi connectivity index (χ2n) is 7.05. The molecule has 10 heteroatoms. The molecule has 2 amide bonds. The Labute approximate surface area is 176 Å². The zero-order valence-electron chi connectivity index (χ0n) is 16.6. The molecule has 1 saturated heterocycles. The largest absolute Gasteiger partial charge is 0.383 e. The number of H-pyrrole nitrogens is 1. The molecule has 31 heavy (non-hydrogen) atoms. The van der Waals surface area contributed by atoms with Gasteiger partial charge in [0.2, 0.25) is 0 Å². The van der Waals surface area contributed by atoms with Crippen LogP contribution in [-0.2, 0) is 4.79 Å². The van der Waals surface area contributed by atoms with Crippen LogP contribution in [0.1, 0.15) is 16.9 Å². The van der Waals surface area contributed by atoms with E-state index in [2.05, 4.69) is 20.1 Å². The number of pyridine rings is 1. The monoisotopic (exact) mass is 420 g/mol. The Morgan fingerprint density at radius 3 is 2.61 bits per heavy atom. The maximum Gasteiger partial charge on any atom is 0.269 e. The summed E-state index contributed by atoms with van der Waals surface area (Å²) < 4.78 is 4.87. The van der Waals surface area contributed by atoms with Gasteiger partial charge in [0.15, 0.2) is 5.69 Å². The Morgan fingerprint density at radius 2 is 2.03 bits per heavy atom. The number of carbonyl (C=O) groups excluding carboxylic acids is 2. The Hall–Kier alpha value is -4.05. The number of likely N-dealkylation sites (N-methyl/N-ethyl adjacent to an activating group) is 1. The smallest absolute Gasteiger partial charge is 0.269 e. The fourth-order valence-corrected chi connectivity index (χ4v) is 3.27. The maximum atomic E-state index is 11.6. The van der Waals surface area contributed by atoms with Crippen LogP contribution in [0.25, 0.3) is 33.5 Å². The van der Waals surface area contributed by atoms with E-state index in [1.807, 2.05) is 30.3 Å². The second kappa shape index (κ2) is 8.36. The highest BCUT2D eigenvalue weighted by Crippen LogP contribution is 2.26. The normalized spacial score (nSPS) is 15.7. The summed E-state index contributed by atoms with van der Waals surface area (Å²) >= 11 is 0. The first-order valence-corrected chi connectivity index (χ1v) is 9.52. The van der Waals surface area contributed by atoms with Crippen LogP contribution in [0, 0.1) is 0 Å². The number of primary amides is 1. The van der Waals surface area contributed by atoms with Gasteiger partial charge in [-0.25, -0.2) is 9.97 Å². The van der Waals surface area contributed by atoms with Crippen molar-refractivity contribution in [3.05, 3.63) is 54.7 Å². The molecule has 1 aliphatic rings. The Morgan fingerprint density at radius 1 is 1.26 bits per heavy atom. The first kappa shape index (κ1) is 20.2. The lowest BCUT2D eigenvalue weighted by atomic mass is 10.0. The number of carbonyl (C=O) groups is 2. The molecular formula is C21H20N6O4. The van der Waals surface area contributed by atoms with Crippen molar-refractivity contribution in [1.29, 1.82) is 0 Å². The van der Waals surface area contributed by atoms with E-state index in [4.69, 9.17) is 15.4 Å². The van der Waals surface area contributed by atoms with Gasteiger partial charge in [0.1, 0.15) is 23.6 Å². The molecule has 0 spiro atoms. The van der Waals surface area contributed by atoms with E-state index in [0.717, 1.165) is 16.8 Å². The molecule has 3 aromatic heterocycles. The molecule has 1 fully saturated rings. The minimum absolute atomic E-state index is 0.144. The first-order chi connectivity index (χ1) is 14.9. The van der Waals surface area contributed by atoms with Crippen LogP contribution in [-0.4, -0.2) is 61.6 Å². The van der Waals surface area contributed by atoms with Gasteiger partial charge in [-0.1, -0.05) is 23.4 Å². The summed E-state index contributed by atoms with van der Waals surface area (Å²) in [6.45, 7) is 0.694. The second-order valence-corrected chi connectivity index (χ2v) is 7.05. The molecule has 1 aromatic carbocycles. The summed E-state index contributed by atoms with van der Waals surface area (Å²) in [5, 5.41) is 12.7. The molecule has 5 rings (SSSR count). The number of fused-ring (bicyclic) bond motifs is 1. The predicted octanol–water partition coefficient (Wildman–Crippen LogP) is 1.59. The number of nitrogens with zero attached hydrogens (tertiary/aromatic N) is 4. The molecule has 0 saturated carbocycles. The number of hydrogen-bond acceptors (Lipinski definition) is 7. The fourth-order valence-electron chi connectivity index (χ4n) is 3.27. The number of aliphatic hydroxyl groups is 1. The van der Waals surface area contributed by atoms with Gasteiger partial charge in [0, 0.05) is 30.8 Å². The molecule has 0 aliphatic carbocycles. The molecule has 0 radical (unpaired) electrons. The van der Waals surface area contributed by atoms with Crippen molar-refractivity contribution in [1.82, 2.24) is 25.0 Å². The van der Waals surface area contributed by atoms with Gasteiger partial charge in [-0.05, 0) is 18.6 Å². The molecule has 4 N–H and O–H groups in total. The number of amides is 2. The fraction of sp³-hybridized carbons (Fsp3) is 0.190. The molecular weight excluding hydrogens is 400 g/mol. The van der Waals surface area contributed by atoms with Crippen molar-refractivity contribution >= 4 is 22.8 Å². The van der Waals surface area contributed by atoms with Crippen LogP contribution in [0.4, 0.5) is 0 Å². The molecule has 158 valence electrons. The number of hydrogen-bond donors (Lipinski definition) is 3. The standard InChI is InChI=1S/C16H11N5O2.C5H9NO2/c17-16(22)15-14-13(18-8-19-14)7-12(20-15)10-3-1-2-9(6-10)11-4-5-23-21-11;1-6-3-2-4(7)5(6)8/h1-8H,(H2,17,22)(H,18,19);4,7H,2-3H2,1H3. The van der Waals surface area contributed by atoms with E-state index >= 15 is 0 Å². The van der Waals surface area contributed by atoms with Crippen LogP contribution >= 0.6 is 0 Å². The lowest BCUT2D eigenvalue weighted by Gasteiger charge is -2.05. The summed E-state index contributed by atoms with van der Waals surface area (Å²) in [7, 11) is 1.69. The lowest BCUT2D eigenvalue weighted by Crippen LogP contribution is -2.24. The molecule has 10 nitrogen and oxygen atoms in total. The average molecular weight is 420 g/mol. The summed E-state index contributed by atoms with van der Waals surface area (Å²) in [4.78, 5) is 35.2. The average Bonchev–Trinajstić information content (AvgIpc) is 3.53. The minimum atomic E-state index is -0.722. The van der Waals surface area contributed by atoms with Gasteiger partial charge >= 0.3 is 0 Å². The third-order valence-corrected chi connectivity index (χ3v) is 4.93. The van der Waals surface area contributed by atoms with Gasteiger partial charge < -0.3 is 25.2 Å². The highest BCUT2D eigenvalue weighted by atomic mass is 16.5. The summed E-state index contributed by atoms with van der Waals surface area (Å²) in [5.41, 5.74) is 9.81. The van der Waals surface area contributed by atoms with Gasteiger partial charge in [-0.2, -0.15) is 0 Å². The number of nitrogens with two attached hydrogens (primary N) is 1. The van der Waals surface area contributed by atoms with E-state index in [9.17, 15) is 9.59 Å². The molecule has 1 unspecified atom stereocenters. The topological polar surface area (TPSA) is 151 Å². The first-order valence-electron chi connectivity index (χ1n) is 9.52. The summed E-state index contributed by atoms with van der Waals surface area (Å²) in [5.74, 6) is -0.762. The van der Waals surface area contributed by atoms with Crippen LogP contribution in [0.2, 0.25) is 0 Å². The molecule has 1 aliphatic heterocycles. The van der Waals surface area contributed by atoms with Gasteiger partial charge in [-0.15, -0.1) is 0 Å². The Kier molecular flexibility index (Phi) is 5.46. The summed E-state index contributed by atoms with van der Waals surface area (Å²) in [6, 6.07) is 11.2. The number of rotatable bonds is 3. The molecule has 4 heterocycles. The molecule has 1 atom stereocenters. The predicted molar refractivity (Wildman–Crippen MR) is 112 cm³/mol. The van der Waals surface area contributed by atoms with Crippen LogP contribution in [0.3, 0.4) is 0 Å². The highest BCUT2D eigenvalue weighted by molar-refractivity contribution is 6.03. The van der Waals surface area contributed by atoms with E-state index in [0.29, 0.717) is 29.7 Å². The van der Waals surface area contributed by atoms with Crippen LogP contribution < -0.4 is 5.73 Å². The van der Waals surface area contributed by atoms with Gasteiger partial charge in [0.25, 0.3) is 11.8 Å². The zero-order valence-corrected chi connectivity index (χ0v) is 16.6. The Bertz CT molecular complexity index is 1220. The maximum absolute atomic E-state index is 11.6. The minimum Gasteiger partial charge on any atom is -0.383 e. The summed E-state index contributed by atoms with van der Waals surface area (Å²) in [6.07, 6.45) is 2.89. The lowest BCUT2D eigenvalue weighted by molar-refractivity contribution is -0.133. The third-order valence-electron chi connectivity index (χ3n) is 4.93. The molecule has 0 bridgehead atoms. The van der Waals surface area contributed by atoms with Crippen LogP contribution in [0.15, 0.2) is 53.5 Å². The van der Waals surface area contributed by atoms with E-state index in [-0.39, 0.29) is 11.6 Å². The zero-order chi connectivity index (χ0) is 22.0. The van der Waals surface area contributed by atoms with Crippen LogP contribution in [0.5, 0.6) is 0 Å². The van der Waals surface area contributed by atoms with Crippen molar-refractivity contribution in [2.75, 3.05) is 13.6 Å². The van der Waals surface area contributed by atoms with E-state index in [1.54, 1.807) is 13.1 Å². The number of nitrogens with one attached hydrogen (secondary N) is 1. The number of aliphatic hydroxyl groups excluding tert-OH is 1. The highest BCUT2D eigenvalue weighted by Gasteiger charge is 2.26. The SMILES string of the molecule is CN1CCC(O)C1=O.NC(=O)c1nc(-c2cccc(-c3ccon3)c2)cc2[nH]cnc12. The number of aromatic amines is 1. The third kappa shape index (κ3) is 4.14. The van der Waals surface area contributed by atoms with Crippen molar-refractivity contribution in [2.45, 2.75) is 12.5 Å². The van der Waals surface area contributed by atoms with Crippen molar-refractivity contribution in [2.24, 2.45) is 5.73 Å². The van der Waals surface area contributed by atoms with Gasteiger partial charge in [-0.3, -0.25) is 9.59 Å². The number of benzene rings is 1. The van der Waals surface area contributed by atoms with Crippen molar-refractivity contribution in [3.63, 3.8) is 0 Å². The van der Waals surface area contributed by atoms with E-state index < -0.39 is 12.0 Å². The number of likely N-dealkylation sites (tertiary alicyclic amines) is 1. The van der Waals surface area contributed by atoms with Crippen molar-refractivity contribution < 1.29 is 19.2 Å². The number of aromatic nitrogens is 4. The van der Waals surface area contributed by atoms with E-state index in [1.165, 1.54) is 17.5 Å². The quantitative estimate of drug-likeness (QED) is 0.455. The van der Waals surface area contributed by atoms with Crippen molar-refractivity contribution in [3.8, 4) is 22.5 Å². The van der Waals surface area contributed by atoms with Gasteiger partial charge in [0.05, 0.1) is 17.5 Å². The number of imidazole rings is 1.